The Balaban J connectivity index is 0.000000406. The highest BCUT2D eigenvalue weighted by Gasteiger charge is 2.38. The Bertz CT molecular complexity index is 858. The molecule has 0 saturated carbocycles. The summed E-state index contributed by atoms with van der Waals surface area (Å²) in [7, 11) is 0. The quantitative estimate of drug-likeness (QED) is 0.670. The molecule has 3 saturated heterocycles. The average Bonchev–Trinajstić information content (AvgIpc) is 3.44. The lowest BCUT2D eigenvalue weighted by atomic mass is 9.99. The first kappa shape index (κ1) is 26.3. The molecule has 0 aliphatic carbocycles. The molecule has 3 aliphatic rings. The number of alkyl halides is 3. The molecule has 3 fully saturated rings. The Hall–Kier alpha value is -2.33. The summed E-state index contributed by atoms with van der Waals surface area (Å²) in [5.41, 5.74) is 3.37. The molecule has 2 atom stereocenters. The minimum absolute atomic E-state index is 0.0830. The number of carbonyl (C=O) groups is 2. The standard InChI is InChI=1S/C22H33N3O2.C2HF3O2/c1-16-14-19(24-11-7-20(15-24)25-10-3-4-17(25)2)5-6-21(16)23-22(26)18-8-12-27-13-9-18;3-2(4,5)1(6)7/h5-6,14,17-18,20H,3-4,7-13,15H2,1-2H3,(H,23,26);(H,6,7). The highest BCUT2D eigenvalue weighted by Crippen LogP contribution is 2.30. The summed E-state index contributed by atoms with van der Waals surface area (Å²) >= 11 is 0. The van der Waals surface area contributed by atoms with Crippen molar-refractivity contribution in [2.45, 2.75) is 64.2 Å². The van der Waals surface area contributed by atoms with E-state index in [1.165, 1.54) is 31.5 Å². The Morgan fingerprint density at radius 1 is 1.12 bits per heavy atom. The number of likely N-dealkylation sites (tertiary alicyclic amines) is 1. The molecule has 1 aromatic carbocycles. The second-order valence-electron chi connectivity index (χ2n) is 9.30. The molecule has 7 nitrogen and oxygen atoms in total. The van der Waals surface area contributed by atoms with Crippen LogP contribution in [0.15, 0.2) is 18.2 Å². The van der Waals surface area contributed by atoms with E-state index < -0.39 is 12.1 Å². The highest BCUT2D eigenvalue weighted by atomic mass is 19.4. The van der Waals surface area contributed by atoms with Crippen LogP contribution in [0.5, 0.6) is 0 Å². The fraction of sp³-hybridized carbons (Fsp3) is 0.667. The normalized spacial score (nSPS) is 24.0. The van der Waals surface area contributed by atoms with Gasteiger partial charge in [0.05, 0.1) is 0 Å². The number of hydrogen-bond acceptors (Lipinski definition) is 5. The van der Waals surface area contributed by atoms with E-state index in [-0.39, 0.29) is 11.8 Å². The molecular weight excluding hydrogens is 451 g/mol. The predicted octanol–water partition coefficient (Wildman–Crippen LogP) is 4.06. The lowest BCUT2D eigenvalue weighted by Crippen LogP contribution is -2.39. The number of carboxylic acid groups (broad SMARTS) is 1. The Morgan fingerprint density at radius 2 is 1.79 bits per heavy atom. The Morgan fingerprint density at radius 3 is 2.35 bits per heavy atom. The molecule has 34 heavy (non-hydrogen) atoms. The van der Waals surface area contributed by atoms with E-state index in [1.807, 2.05) is 0 Å². The minimum Gasteiger partial charge on any atom is -0.475 e. The van der Waals surface area contributed by atoms with Gasteiger partial charge in [-0.15, -0.1) is 0 Å². The number of carboxylic acids is 1. The topological polar surface area (TPSA) is 82.1 Å². The summed E-state index contributed by atoms with van der Waals surface area (Å²) in [6.45, 7) is 9.37. The monoisotopic (exact) mass is 485 g/mol. The molecule has 2 N–H and O–H groups in total. The smallest absolute Gasteiger partial charge is 0.475 e. The number of amides is 1. The van der Waals surface area contributed by atoms with Crippen LogP contribution in [0.1, 0.15) is 44.6 Å². The average molecular weight is 486 g/mol. The molecule has 0 radical (unpaired) electrons. The number of anilines is 2. The molecular formula is C24H34F3N3O4. The molecule has 1 amide bonds. The van der Waals surface area contributed by atoms with E-state index in [2.05, 4.69) is 47.2 Å². The van der Waals surface area contributed by atoms with Crippen molar-refractivity contribution in [2.24, 2.45) is 5.92 Å². The largest absolute Gasteiger partial charge is 0.490 e. The van der Waals surface area contributed by atoms with Crippen LogP contribution in [0.4, 0.5) is 24.5 Å². The van der Waals surface area contributed by atoms with Crippen LogP contribution >= 0.6 is 0 Å². The van der Waals surface area contributed by atoms with Crippen molar-refractivity contribution in [3.8, 4) is 0 Å². The van der Waals surface area contributed by atoms with Crippen LogP contribution in [0.3, 0.4) is 0 Å². The summed E-state index contributed by atoms with van der Waals surface area (Å²) in [5, 5.41) is 10.3. The van der Waals surface area contributed by atoms with Crippen LogP contribution in [0, 0.1) is 12.8 Å². The van der Waals surface area contributed by atoms with Gasteiger partial charge in [-0.1, -0.05) is 0 Å². The van der Waals surface area contributed by atoms with Crippen LogP contribution in [-0.2, 0) is 14.3 Å². The van der Waals surface area contributed by atoms with Gasteiger partial charge >= 0.3 is 12.1 Å². The third kappa shape index (κ3) is 6.85. The van der Waals surface area contributed by atoms with Gasteiger partial charge < -0.3 is 20.1 Å². The number of halogens is 3. The molecule has 4 rings (SSSR count). The molecule has 0 aromatic heterocycles. The number of benzene rings is 1. The highest BCUT2D eigenvalue weighted by molar-refractivity contribution is 5.93. The minimum atomic E-state index is -5.08. The van der Waals surface area contributed by atoms with E-state index in [1.54, 1.807) is 0 Å². The maximum absolute atomic E-state index is 12.5. The third-order valence-electron chi connectivity index (χ3n) is 6.90. The summed E-state index contributed by atoms with van der Waals surface area (Å²) < 4.78 is 37.1. The van der Waals surface area contributed by atoms with Gasteiger partial charge in [-0.05, 0) is 76.3 Å². The van der Waals surface area contributed by atoms with Gasteiger partial charge in [0.2, 0.25) is 5.91 Å². The number of carbonyl (C=O) groups excluding carboxylic acids is 1. The predicted molar refractivity (Wildman–Crippen MR) is 123 cm³/mol. The van der Waals surface area contributed by atoms with Crippen LogP contribution in [-0.4, -0.2) is 73.0 Å². The molecule has 0 spiro atoms. The molecule has 190 valence electrons. The number of ether oxygens (including phenoxy) is 1. The summed E-state index contributed by atoms with van der Waals surface area (Å²) in [5.74, 6) is -2.54. The van der Waals surface area contributed by atoms with Crippen molar-refractivity contribution < 1.29 is 32.6 Å². The van der Waals surface area contributed by atoms with Crippen molar-refractivity contribution >= 4 is 23.3 Å². The lowest BCUT2D eigenvalue weighted by Gasteiger charge is -2.29. The van der Waals surface area contributed by atoms with Gasteiger partial charge in [0.1, 0.15) is 0 Å². The number of nitrogens with zero attached hydrogens (tertiary/aromatic N) is 2. The summed E-state index contributed by atoms with van der Waals surface area (Å²) in [6.07, 6.45) is 0.515. The van der Waals surface area contributed by atoms with E-state index >= 15 is 0 Å². The van der Waals surface area contributed by atoms with Gasteiger partial charge in [-0.25, -0.2) is 4.79 Å². The van der Waals surface area contributed by atoms with E-state index in [9.17, 15) is 18.0 Å². The zero-order chi connectivity index (χ0) is 24.9. The number of aryl methyl sites for hydroxylation is 1. The lowest BCUT2D eigenvalue weighted by molar-refractivity contribution is -0.192. The van der Waals surface area contributed by atoms with E-state index in [0.29, 0.717) is 19.3 Å². The van der Waals surface area contributed by atoms with E-state index in [4.69, 9.17) is 14.6 Å². The second-order valence-corrected chi connectivity index (χ2v) is 9.30. The molecule has 10 heteroatoms. The van der Waals surface area contributed by atoms with Crippen LogP contribution < -0.4 is 10.2 Å². The molecule has 3 aliphatic heterocycles. The SMILES string of the molecule is Cc1cc(N2CCC(N3CCCC3C)C2)ccc1NC(=O)C1CCOCC1.O=C(O)C(F)(F)F. The summed E-state index contributed by atoms with van der Waals surface area (Å²) in [6, 6.07) is 7.90. The van der Waals surface area contributed by atoms with Crippen molar-refractivity contribution in [1.82, 2.24) is 4.90 Å². The summed E-state index contributed by atoms with van der Waals surface area (Å²) in [4.78, 5) is 26.6. The molecule has 1 aromatic rings. The maximum atomic E-state index is 12.5. The first-order chi connectivity index (χ1) is 16.1. The fourth-order valence-electron chi connectivity index (χ4n) is 4.92. The third-order valence-corrected chi connectivity index (χ3v) is 6.90. The Labute approximate surface area is 198 Å². The number of hydrogen-bond donors (Lipinski definition) is 2. The van der Waals surface area contributed by atoms with E-state index in [0.717, 1.165) is 43.2 Å². The molecule has 0 bridgehead atoms. The van der Waals surface area contributed by atoms with Gasteiger partial charge in [-0.3, -0.25) is 9.69 Å². The van der Waals surface area contributed by atoms with Crippen molar-refractivity contribution in [1.29, 1.82) is 0 Å². The number of rotatable bonds is 4. The second kappa shape index (κ2) is 11.4. The van der Waals surface area contributed by atoms with Crippen LogP contribution in [0.2, 0.25) is 0 Å². The van der Waals surface area contributed by atoms with Crippen molar-refractivity contribution in [3.05, 3.63) is 23.8 Å². The molecule has 3 heterocycles. The maximum Gasteiger partial charge on any atom is 0.490 e. The zero-order valence-electron chi connectivity index (χ0n) is 19.7. The number of nitrogens with one attached hydrogen (secondary N) is 1. The van der Waals surface area contributed by atoms with Gasteiger partial charge in [0.15, 0.2) is 0 Å². The first-order valence-corrected chi connectivity index (χ1v) is 11.9. The number of aliphatic carboxylic acids is 1. The van der Waals surface area contributed by atoms with Gasteiger partial charge in [-0.2, -0.15) is 13.2 Å². The zero-order valence-corrected chi connectivity index (χ0v) is 19.7. The fourth-order valence-corrected chi connectivity index (χ4v) is 4.92. The van der Waals surface area contributed by atoms with Crippen molar-refractivity contribution in [3.63, 3.8) is 0 Å². The van der Waals surface area contributed by atoms with Gasteiger partial charge in [0.25, 0.3) is 0 Å². The van der Waals surface area contributed by atoms with Crippen LogP contribution in [0.25, 0.3) is 0 Å². The van der Waals surface area contributed by atoms with Crippen molar-refractivity contribution in [2.75, 3.05) is 43.1 Å². The first-order valence-electron chi connectivity index (χ1n) is 11.9. The van der Waals surface area contributed by atoms with Gasteiger partial charge in [0, 0.05) is 55.7 Å². The Kier molecular flexibility index (Phi) is 8.81. The molecule has 2 unspecified atom stereocenters.